The Labute approximate surface area is 128 Å². The van der Waals surface area contributed by atoms with Crippen LogP contribution in [0.3, 0.4) is 0 Å². The summed E-state index contributed by atoms with van der Waals surface area (Å²) in [6.45, 7) is 3.08. The van der Waals surface area contributed by atoms with Gasteiger partial charge in [-0.1, -0.05) is 17.7 Å². The van der Waals surface area contributed by atoms with E-state index in [0.29, 0.717) is 24.5 Å². The number of hydrogen-bond donors (Lipinski definition) is 1. The molecule has 0 aliphatic carbocycles. The van der Waals surface area contributed by atoms with E-state index in [1.54, 1.807) is 18.3 Å². The number of hydrogen-bond acceptors (Lipinski definition) is 4. The molecule has 0 saturated heterocycles. The molecule has 1 aliphatic heterocycles. The topological polar surface area (TPSA) is 59.9 Å². The van der Waals surface area contributed by atoms with Gasteiger partial charge < -0.3 is 9.47 Å². The molecule has 5 heteroatoms. The second-order valence-corrected chi connectivity index (χ2v) is 4.97. The first-order valence-electron chi connectivity index (χ1n) is 7.02. The lowest BCUT2D eigenvalue weighted by atomic mass is 10.1. The Balaban J connectivity index is 1.64. The van der Waals surface area contributed by atoms with Crippen LogP contribution in [0.1, 0.15) is 21.5 Å². The van der Waals surface area contributed by atoms with Crippen molar-refractivity contribution >= 4 is 12.1 Å². The Morgan fingerprint density at radius 2 is 1.82 bits per heavy atom. The molecule has 2 aromatic rings. The van der Waals surface area contributed by atoms with E-state index in [9.17, 15) is 4.79 Å². The Hall–Kier alpha value is -2.82. The molecule has 1 aliphatic rings. The lowest BCUT2D eigenvalue weighted by Gasteiger charge is -2.18. The van der Waals surface area contributed by atoms with E-state index >= 15 is 0 Å². The number of nitrogens with zero attached hydrogens (tertiary/aromatic N) is 1. The second-order valence-electron chi connectivity index (χ2n) is 4.97. The maximum absolute atomic E-state index is 11.9. The molecule has 0 atom stereocenters. The average molecular weight is 296 g/mol. The molecule has 1 amide bonds. The van der Waals surface area contributed by atoms with E-state index in [0.717, 1.165) is 16.9 Å². The molecule has 3 rings (SSSR count). The fourth-order valence-corrected chi connectivity index (χ4v) is 2.08. The number of nitrogens with one attached hydrogen (secondary N) is 1. The minimum absolute atomic E-state index is 0.242. The van der Waals surface area contributed by atoms with Gasteiger partial charge in [-0.2, -0.15) is 5.10 Å². The van der Waals surface area contributed by atoms with Crippen molar-refractivity contribution in [2.75, 3.05) is 13.2 Å². The van der Waals surface area contributed by atoms with Gasteiger partial charge in [-0.3, -0.25) is 4.79 Å². The van der Waals surface area contributed by atoms with Crippen molar-refractivity contribution in [3.8, 4) is 11.5 Å². The first-order chi connectivity index (χ1) is 10.7. The number of carbonyl (C=O) groups is 1. The Morgan fingerprint density at radius 1 is 1.09 bits per heavy atom. The van der Waals surface area contributed by atoms with Crippen molar-refractivity contribution in [2.45, 2.75) is 6.92 Å². The summed E-state index contributed by atoms with van der Waals surface area (Å²) in [5, 5.41) is 3.97. The Morgan fingerprint density at radius 3 is 2.59 bits per heavy atom. The Bertz CT molecular complexity index is 708. The van der Waals surface area contributed by atoms with Crippen molar-refractivity contribution in [3.63, 3.8) is 0 Å². The molecule has 0 aromatic heterocycles. The lowest BCUT2D eigenvalue weighted by Crippen LogP contribution is -2.17. The van der Waals surface area contributed by atoms with Gasteiger partial charge >= 0.3 is 0 Å². The predicted molar refractivity (Wildman–Crippen MR) is 83.7 cm³/mol. The van der Waals surface area contributed by atoms with E-state index in [1.165, 1.54) is 0 Å². The van der Waals surface area contributed by atoms with Crippen LogP contribution >= 0.6 is 0 Å². The predicted octanol–water partition coefficient (Wildman–Crippen LogP) is 2.53. The number of fused-ring (bicyclic) bond motifs is 1. The highest BCUT2D eigenvalue weighted by molar-refractivity contribution is 5.94. The van der Waals surface area contributed by atoms with Crippen LogP contribution in [0.4, 0.5) is 0 Å². The standard InChI is InChI=1S/C17H16N2O3/c1-12-2-5-14(6-3-12)17(20)19-18-11-13-4-7-15-16(10-13)22-9-8-21-15/h2-7,10-11H,8-9H2,1H3,(H,19,20). The highest BCUT2D eigenvalue weighted by atomic mass is 16.6. The maximum Gasteiger partial charge on any atom is 0.271 e. The van der Waals surface area contributed by atoms with Crippen LogP contribution in [0.5, 0.6) is 11.5 Å². The molecule has 22 heavy (non-hydrogen) atoms. The largest absolute Gasteiger partial charge is 0.486 e. The first-order valence-corrected chi connectivity index (χ1v) is 7.02. The summed E-state index contributed by atoms with van der Waals surface area (Å²) in [6, 6.07) is 12.8. The minimum Gasteiger partial charge on any atom is -0.486 e. The van der Waals surface area contributed by atoms with E-state index in [1.807, 2.05) is 37.3 Å². The number of rotatable bonds is 3. The fourth-order valence-electron chi connectivity index (χ4n) is 2.08. The number of hydrazone groups is 1. The lowest BCUT2D eigenvalue weighted by molar-refractivity contribution is 0.0955. The number of carbonyl (C=O) groups excluding carboxylic acids is 1. The van der Waals surface area contributed by atoms with Gasteiger partial charge in [0.15, 0.2) is 11.5 Å². The van der Waals surface area contributed by atoms with E-state index in [2.05, 4.69) is 10.5 Å². The van der Waals surface area contributed by atoms with Gasteiger partial charge in [0.1, 0.15) is 13.2 Å². The van der Waals surface area contributed by atoms with E-state index in [4.69, 9.17) is 9.47 Å². The van der Waals surface area contributed by atoms with E-state index in [-0.39, 0.29) is 5.91 Å². The summed E-state index contributed by atoms with van der Waals surface area (Å²) in [7, 11) is 0. The van der Waals surface area contributed by atoms with Crippen LogP contribution in [0, 0.1) is 6.92 Å². The molecule has 0 radical (unpaired) electrons. The summed E-state index contributed by atoms with van der Waals surface area (Å²) in [4.78, 5) is 11.9. The fraction of sp³-hybridized carbons (Fsp3) is 0.176. The summed E-state index contributed by atoms with van der Waals surface area (Å²) < 4.78 is 10.9. The zero-order valence-electron chi connectivity index (χ0n) is 12.2. The van der Waals surface area contributed by atoms with E-state index < -0.39 is 0 Å². The molecule has 1 heterocycles. The molecule has 2 aromatic carbocycles. The van der Waals surface area contributed by atoms with Gasteiger partial charge in [0.2, 0.25) is 0 Å². The van der Waals surface area contributed by atoms with Crippen LogP contribution in [-0.4, -0.2) is 25.3 Å². The molecule has 0 bridgehead atoms. The van der Waals surface area contributed by atoms with Crippen LogP contribution in [0.25, 0.3) is 0 Å². The van der Waals surface area contributed by atoms with Crippen LogP contribution in [0.15, 0.2) is 47.6 Å². The average Bonchev–Trinajstić information content (AvgIpc) is 2.55. The van der Waals surface area contributed by atoms with Gasteiger partial charge in [-0.15, -0.1) is 0 Å². The van der Waals surface area contributed by atoms with Gasteiger partial charge in [-0.05, 0) is 42.8 Å². The smallest absolute Gasteiger partial charge is 0.271 e. The summed E-state index contributed by atoms with van der Waals surface area (Å²) in [5.74, 6) is 1.18. The summed E-state index contributed by atoms with van der Waals surface area (Å²) >= 11 is 0. The van der Waals surface area contributed by atoms with Gasteiger partial charge in [-0.25, -0.2) is 5.43 Å². The molecular weight excluding hydrogens is 280 g/mol. The zero-order chi connectivity index (χ0) is 15.4. The van der Waals surface area contributed by atoms with Crippen molar-refractivity contribution in [2.24, 2.45) is 5.10 Å². The molecule has 112 valence electrons. The monoisotopic (exact) mass is 296 g/mol. The molecule has 5 nitrogen and oxygen atoms in total. The zero-order valence-corrected chi connectivity index (χ0v) is 12.2. The molecule has 0 fully saturated rings. The highest BCUT2D eigenvalue weighted by Crippen LogP contribution is 2.30. The third-order valence-corrected chi connectivity index (χ3v) is 3.26. The van der Waals surface area contributed by atoms with Crippen LogP contribution in [0.2, 0.25) is 0 Å². The summed E-state index contributed by atoms with van der Waals surface area (Å²) in [5.41, 5.74) is 5.01. The Kier molecular flexibility index (Phi) is 4.05. The van der Waals surface area contributed by atoms with Crippen LogP contribution < -0.4 is 14.9 Å². The van der Waals surface area contributed by atoms with Crippen molar-refractivity contribution in [3.05, 3.63) is 59.2 Å². The number of aryl methyl sites for hydroxylation is 1. The third kappa shape index (κ3) is 3.25. The first kappa shape index (κ1) is 14.1. The number of amides is 1. The molecule has 0 spiro atoms. The molecule has 0 unspecified atom stereocenters. The number of benzene rings is 2. The maximum atomic E-state index is 11.9. The highest BCUT2D eigenvalue weighted by Gasteiger charge is 2.11. The molecule has 1 N–H and O–H groups in total. The van der Waals surface area contributed by atoms with Gasteiger partial charge in [0, 0.05) is 5.56 Å². The van der Waals surface area contributed by atoms with Crippen molar-refractivity contribution < 1.29 is 14.3 Å². The van der Waals surface area contributed by atoms with Gasteiger partial charge in [0.05, 0.1) is 6.21 Å². The third-order valence-electron chi connectivity index (χ3n) is 3.26. The minimum atomic E-state index is -0.242. The summed E-state index contributed by atoms with van der Waals surface area (Å²) in [6.07, 6.45) is 1.57. The van der Waals surface area contributed by atoms with Gasteiger partial charge in [0.25, 0.3) is 5.91 Å². The van der Waals surface area contributed by atoms with Crippen LogP contribution in [-0.2, 0) is 0 Å². The SMILES string of the molecule is Cc1ccc(C(=O)NN=Cc2ccc3c(c2)OCCO3)cc1. The molecular formula is C17H16N2O3. The second kappa shape index (κ2) is 6.30. The van der Waals surface area contributed by atoms with Crippen molar-refractivity contribution in [1.29, 1.82) is 0 Å². The quantitative estimate of drug-likeness (QED) is 0.699. The number of ether oxygens (including phenoxy) is 2. The van der Waals surface area contributed by atoms with Crippen molar-refractivity contribution in [1.82, 2.24) is 5.43 Å². The molecule has 0 saturated carbocycles. The normalized spacial score (nSPS) is 13.1.